The van der Waals surface area contributed by atoms with Gasteiger partial charge < -0.3 is 24.3 Å². The van der Waals surface area contributed by atoms with Crippen molar-refractivity contribution in [1.82, 2.24) is 15.1 Å². The van der Waals surface area contributed by atoms with Crippen molar-refractivity contribution in [2.45, 2.75) is 69.6 Å². The molecule has 1 aliphatic carbocycles. The number of anilines is 3. The number of benzene rings is 3. The molecule has 1 saturated carbocycles. The number of halogens is 4. The number of fused-ring (bicyclic) bond motifs is 1. The predicted molar refractivity (Wildman–Crippen MR) is 228 cm³/mol. The zero-order valence-corrected chi connectivity index (χ0v) is 35.5. The Bertz CT molecular complexity index is 2390. The van der Waals surface area contributed by atoms with Crippen molar-refractivity contribution in [2.75, 3.05) is 61.5 Å². The lowest BCUT2D eigenvalue weighted by molar-refractivity contribution is -0.138. The van der Waals surface area contributed by atoms with Gasteiger partial charge in [-0.25, -0.2) is 4.39 Å². The number of thiocarbonyl (C=S) groups is 1. The molecule has 62 heavy (non-hydrogen) atoms. The summed E-state index contributed by atoms with van der Waals surface area (Å²) in [5.74, 6) is -2.47. The van der Waals surface area contributed by atoms with Crippen LogP contribution in [0.15, 0.2) is 65.3 Å². The van der Waals surface area contributed by atoms with Gasteiger partial charge in [-0.15, -0.1) is 0 Å². The first-order valence-electron chi connectivity index (χ1n) is 20.0. The summed E-state index contributed by atoms with van der Waals surface area (Å²) in [7, 11) is 1.31. The van der Waals surface area contributed by atoms with E-state index in [-0.39, 0.29) is 41.7 Å². The largest absolute Gasteiger partial charge is 0.489 e. The fourth-order valence-corrected chi connectivity index (χ4v) is 8.32. The summed E-state index contributed by atoms with van der Waals surface area (Å²) < 4.78 is 68.3. The molecule has 3 aromatic carbocycles. The van der Waals surface area contributed by atoms with E-state index in [4.69, 9.17) is 26.6 Å². The van der Waals surface area contributed by atoms with Gasteiger partial charge in [0.15, 0.2) is 11.6 Å². The third-order valence-electron chi connectivity index (χ3n) is 11.6. The molecule has 2 heterocycles. The van der Waals surface area contributed by atoms with Gasteiger partial charge in [-0.3, -0.25) is 34.3 Å². The molecular formula is C44H47F4N7O6S. The van der Waals surface area contributed by atoms with Gasteiger partial charge in [-0.1, -0.05) is 25.6 Å². The third-order valence-corrected chi connectivity index (χ3v) is 11.8. The Morgan fingerprint density at radius 3 is 2.37 bits per heavy atom. The van der Waals surface area contributed by atoms with E-state index in [0.29, 0.717) is 55.8 Å². The highest BCUT2D eigenvalue weighted by Crippen LogP contribution is 2.43. The summed E-state index contributed by atoms with van der Waals surface area (Å²) in [4.78, 5) is 56.9. The monoisotopic (exact) mass is 877 g/mol. The number of nitrogens with one attached hydrogen (secondary N) is 2. The Morgan fingerprint density at radius 1 is 1.05 bits per heavy atom. The molecule has 1 unspecified atom stereocenters. The third kappa shape index (κ3) is 9.75. The smallest absolute Gasteiger partial charge is 0.417 e. The normalized spacial score (nSPS) is 15.9. The number of amides is 4. The van der Waals surface area contributed by atoms with Crippen LogP contribution in [0.3, 0.4) is 0 Å². The fraction of sp³-hybridized carbons (Fsp3) is 0.409. The molecule has 328 valence electrons. The molecule has 4 aromatic rings. The fourth-order valence-electron chi connectivity index (χ4n) is 7.94. The van der Waals surface area contributed by atoms with Crippen LogP contribution in [0.5, 0.6) is 5.75 Å². The van der Waals surface area contributed by atoms with Crippen molar-refractivity contribution < 1.29 is 45.9 Å². The Balaban J connectivity index is 1.01. The Kier molecular flexibility index (Phi) is 13.7. The standard InChI is InChI=1S/C44H47F4N7O6S/c1-5-6-33(40(58)50-26-56)34-24-60-38-19-29(8-11-32(34)38)51-39(57)23-53-15-17-54(18-16-53)43(13-14-43)25-61-37-12-10-31(21-36(37)45)55(27-62)42(2,3)41(59)52(4)30-9-7-28(22-49)35(20-30)44(46,47)48/h7-12,19-21,24,26-27,33H,5-6,13-18,23,25H2,1-4H3,(H,51,57)(H,50,56,58). The summed E-state index contributed by atoms with van der Waals surface area (Å²) in [6, 6.07) is 13.9. The zero-order valence-electron chi connectivity index (χ0n) is 34.7. The molecule has 1 aliphatic heterocycles. The molecule has 2 N–H and O–H groups in total. The van der Waals surface area contributed by atoms with Crippen molar-refractivity contribution in [3.05, 3.63) is 83.4 Å². The number of hydrogen-bond acceptors (Lipinski definition) is 10. The maximum atomic E-state index is 15.6. The van der Waals surface area contributed by atoms with Crippen LogP contribution in [0.2, 0.25) is 0 Å². The summed E-state index contributed by atoms with van der Waals surface area (Å²) >= 11 is 5.23. The highest BCUT2D eigenvalue weighted by Gasteiger charge is 2.49. The number of piperazine rings is 1. The first-order chi connectivity index (χ1) is 29.5. The molecule has 0 bridgehead atoms. The van der Waals surface area contributed by atoms with E-state index in [1.165, 1.54) is 61.8 Å². The lowest BCUT2D eigenvalue weighted by atomic mass is 9.93. The molecule has 0 radical (unpaired) electrons. The lowest BCUT2D eigenvalue weighted by Gasteiger charge is -2.39. The number of likely N-dealkylation sites (N-methyl/N-ethyl adjacent to an activating group) is 1. The van der Waals surface area contributed by atoms with Gasteiger partial charge in [0.2, 0.25) is 18.2 Å². The number of carbonyl (C=O) groups is 4. The molecule has 13 nitrogen and oxygen atoms in total. The average Bonchev–Trinajstić information content (AvgIpc) is 3.92. The van der Waals surface area contributed by atoms with Gasteiger partial charge in [0.1, 0.15) is 17.7 Å². The number of carbonyl (C=O) groups excluding carboxylic acids is 4. The minimum Gasteiger partial charge on any atom is -0.489 e. The van der Waals surface area contributed by atoms with Crippen LogP contribution < -0.4 is 25.2 Å². The average molecular weight is 878 g/mol. The molecule has 2 aliphatic rings. The van der Waals surface area contributed by atoms with Crippen LogP contribution >= 0.6 is 12.2 Å². The predicted octanol–water partition coefficient (Wildman–Crippen LogP) is 6.99. The van der Waals surface area contributed by atoms with E-state index in [1.54, 1.807) is 24.3 Å². The van der Waals surface area contributed by atoms with Crippen LogP contribution in [0, 0.1) is 17.1 Å². The molecule has 6 rings (SSSR count). The molecule has 0 spiro atoms. The van der Waals surface area contributed by atoms with E-state index < -0.39 is 46.4 Å². The van der Waals surface area contributed by atoms with Gasteiger partial charge in [-0.05, 0) is 75.6 Å². The van der Waals surface area contributed by atoms with Gasteiger partial charge >= 0.3 is 6.18 Å². The SMILES string of the molecule is CCCC(C(=O)NC=O)c1coc2cc(NC(=O)CN3CCN(C4(COc5ccc(N(C=S)C(C)(C)C(=O)N(C)c6ccc(C#N)c(C(F)(F)F)c6)cc5F)CC4)CC3)ccc12. The molecule has 4 amide bonds. The van der Waals surface area contributed by atoms with Gasteiger partial charge in [-0.2, -0.15) is 18.4 Å². The number of nitrogens with zero attached hydrogens (tertiary/aromatic N) is 5. The summed E-state index contributed by atoms with van der Waals surface area (Å²) in [6.45, 7) is 8.00. The maximum Gasteiger partial charge on any atom is 0.417 e. The molecule has 1 saturated heterocycles. The van der Waals surface area contributed by atoms with Crippen molar-refractivity contribution in [2.24, 2.45) is 0 Å². The highest BCUT2D eigenvalue weighted by atomic mass is 32.1. The van der Waals surface area contributed by atoms with E-state index >= 15 is 4.39 Å². The second kappa shape index (κ2) is 18.6. The second-order valence-electron chi connectivity index (χ2n) is 16.0. The van der Waals surface area contributed by atoms with Crippen molar-refractivity contribution >= 4 is 69.9 Å². The Hall–Kier alpha value is -5.90. The maximum absolute atomic E-state index is 15.6. The zero-order chi connectivity index (χ0) is 45.0. The quantitative estimate of drug-likeness (QED) is 0.0642. The molecule has 1 aromatic heterocycles. The molecule has 2 fully saturated rings. The van der Waals surface area contributed by atoms with Gasteiger partial charge in [0, 0.05) is 73.4 Å². The number of alkyl halides is 3. The number of imide groups is 1. The number of nitriles is 1. The molecule has 18 heteroatoms. The van der Waals surface area contributed by atoms with Crippen LogP contribution in [0.25, 0.3) is 11.0 Å². The Morgan fingerprint density at radius 2 is 1.76 bits per heavy atom. The minimum absolute atomic E-state index is 0.00583. The number of rotatable bonds is 17. The number of furan rings is 1. The van der Waals surface area contributed by atoms with Crippen molar-refractivity contribution in [3.8, 4) is 11.8 Å². The Labute approximate surface area is 361 Å². The van der Waals surface area contributed by atoms with Crippen LogP contribution in [0.1, 0.15) is 69.1 Å². The van der Waals surface area contributed by atoms with E-state index in [2.05, 4.69) is 20.4 Å². The molecule has 1 atom stereocenters. The van der Waals surface area contributed by atoms with E-state index in [9.17, 15) is 32.3 Å². The lowest BCUT2D eigenvalue weighted by Crippen LogP contribution is -2.55. The first-order valence-corrected chi connectivity index (χ1v) is 20.5. The van der Waals surface area contributed by atoms with Crippen molar-refractivity contribution in [3.63, 3.8) is 0 Å². The van der Waals surface area contributed by atoms with Crippen molar-refractivity contribution in [1.29, 1.82) is 5.26 Å². The minimum atomic E-state index is -4.81. The number of hydrogen-bond donors (Lipinski definition) is 2. The van der Waals surface area contributed by atoms with Crippen LogP contribution in [-0.4, -0.2) is 96.9 Å². The van der Waals surface area contributed by atoms with Crippen LogP contribution in [0.4, 0.5) is 34.6 Å². The van der Waals surface area contributed by atoms with Gasteiger partial charge in [0.05, 0.1) is 47.0 Å². The summed E-state index contributed by atoms with van der Waals surface area (Å²) in [5, 5.41) is 15.0. The van der Waals surface area contributed by atoms with E-state index in [0.717, 1.165) is 41.7 Å². The summed E-state index contributed by atoms with van der Waals surface area (Å²) in [6.07, 6.45) is 0.0532. The topological polar surface area (TPSA) is 151 Å². The highest BCUT2D eigenvalue weighted by molar-refractivity contribution is 7.79. The summed E-state index contributed by atoms with van der Waals surface area (Å²) in [5.41, 5.74) is -0.464. The van der Waals surface area contributed by atoms with E-state index in [1.807, 2.05) is 6.92 Å². The number of ether oxygens (including phenoxy) is 1. The molecular weight excluding hydrogens is 831 g/mol. The second-order valence-corrected chi connectivity index (χ2v) is 16.3. The first kappa shape index (κ1) is 45.6. The van der Waals surface area contributed by atoms with Gasteiger partial charge in [0.25, 0.3) is 5.91 Å². The van der Waals surface area contributed by atoms with Crippen LogP contribution in [-0.2, 0) is 25.4 Å².